The van der Waals surface area contributed by atoms with Crippen molar-refractivity contribution in [3.05, 3.63) is 66.7 Å². The van der Waals surface area contributed by atoms with E-state index in [0.29, 0.717) is 0 Å². The van der Waals surface area contributed by atoms with Crippen LogP contribution in [0.4, 0.5) is 0 Å². The first-order chi connectivity index (χ1) is 15.3. The van der Waals surface area contributed by atoms with Gasteiger partial charge in [0, 0.05) is 27.2 Å². The van der Waals surface area contributed by atoms with Crippen LogP contribution in [-0.2, 0) is 16.0 Å². The Bertz CT molecular complexity index is 1050. The van der Waals surface area contributed by atoms with Gasteiger partial charge in [-0.15, -0.1) is 11.8 Å². The maximum absolute atomic E-state index is 11.6. The molecule has 4 heteroatoms. The normalized spacial score (nSPS) is 12.6. The molecule has 3 rings (SSSR count). The van der Waals surface area contributed by atoms with E-state index in [0.717, 1.165) is 40.0 Å². The Kier molecular flexibility index (Phi) is 8.25. The molecule has 2 aromatic carbocycles. The van der Waals surface area contributed by atoms with Gasteiger partial charge in [0.25, 0.3) is 0 Å². The molecule has 170 valence electrons. The third-order valence-corrected chi connectivity index (χ3v) is 6.55. The highest BCUT2D eigenvalue weighted by Crippen LogP contribution is 2.34. The number of benzene rings is 2. The van der Waals surface area contributed by atoms with E-state index in [1.54, 1.807) is 11.8 Å². The van der Waals surface area contributed by atoms with Crippen LogP contribution < -0.4 is 0 Å². The number of esters is 1. The molecule has 0 saturated heterocycles. The summed E-state index contributed by atoms with van der Waals surface area (Å²) in [6.45, 7) is 11.7. The van der Waals surface area contributed by atoms with Crippen molar-refractivity contribution in [2.45, 2.75) is 75.5 Å². The van der Waals surface area contributed by atoms with Crippen LogP contribution in [0.25, 0.3) is 22.3 Å². The van der Waals surface area contributed by atoms with Crippen molar-refractivity contribution in [3.8, 4) is 11.3 Å². The molecule has 0 spiro atoms. The second-order valence-electron chi connectivity index (χ2n) is 8.98. The highest BCUT2D eigenvalue weighted by atomic mass is 32.2. The van der Waals surface area contributed by atoms with Crippen LogP contribution in [0.15, 0.2) is 70.5 Å². The van der Waals surface area contributed by atoms with E-state index in [-0.39, 0.29) is 11.2 Å². The Balaban J connectivity index is 1.67. The second kappa shape index (κ2) is 10.9. The molecule has 32 heavy (non-hydrogen) atoms. The number of ether oxygens (including phenoxy) is 1. The molecule has 0 amide bonds. The monoisotopic (exact) mass is 450 g/mol. The first-order valence-electron chi connectivity index (χ1n) is 11.4. The van der Waals surface area contributed by atoms with Crippen LogP contribution in [0.1, 0.15) is 58.9 Å². The van der Waals surface area contributed by atoms with Crippen LogP contribution in [0.5, 0.6) is 0 Å². The maximum Gasteiger partial charge on any atom is 0.330 e. The lowest BCUT2D eigenvalue weighted by molar-refractivity contribution is -0.150. The van der Waals surface area contributed by atoms with Crippen LogP contribution in [0.2, 0.25) is 0 Å². The minimum Gasteiger partial charge on any atom is -0.456 e. The molecule has 3 nitrogen and oxygen atoms in total. The van der Waals surface area contributed by atoms with Gasteiger partial charge >= 0.3 is 5.97 Å². The van der Waals surface area contributed by atoms with Crippen molar-refractivity contribution in [3.63, 3.8) is 0 Å². The van der Waals surface area contributed by atoms with Gasteiger partial charge in [-0.1, -0.05) is 57.5 Å². The molecule has 1 atom stereocenters. The molecule has 1 aromatic heterocycles. The van der Waals surface area contributed by atoms with Gasteiger partial charge in [-0.25, -0.2) is 4.79 Å². The number of hydrogen-bond donors (Lipinski definition) is 0. The highest BCUT2D eigenvalue weighted by molar-refractivity contribution is 8.00. The molecule has 1 unspecified atom stereocenters. The van der Waals surface area contributed by atoms with Crippen molar-refractivity contribution in [1.82, 2.24) is 0 Å². The molecule has 0 aliphatic rings. The van der Waals surface area contributed by atoms with E-state index in [2.05, 4.69) is 69.0 Å². The summed E-state index contributed by atoms with van der Waals surface area (Å²) in [4.78, 5) is 12.7. The number of thioether (sulfide) groups is 1. The topological polar surface area (TPSA) is 39.4 Å². The summed E-state index contributed by atoms with van der Waals surface area (Å²) in [5.41, 5.74) is 2.84. The zero-order chi connectivity index (χ0) is 23.1. The van der Waals surface area contributed by atoms with E-state index in [4.69, 9.17) is 9.15 Å². The van der Waals surface area contributed by atoms with E-state index in [1.807, 2.05) is 13.8 Å². The molecular weight excluding hydrogens is 416 g/mol. The molecule has 0 bridgehead atoms. The fourth-order valence-electron chi connectivity index (χ4n) is 3.96. The number of carbonyl (C=O) groups is 1. The molecule has 0 fully saturated rings. The Morgan fingerprint density at radius 2 is 1.91 bits per heavy atom. The summed E-state index contributed by atoms with van der Waals surface area (Å²) in [5.74, 6) is 0.513. The number of hydrogen-bond acceptors (Lipinski definition) is 4. The minimum absolute atomic E-state index is 0.273. The van der Waals surface area contributed by atoms with Crippen molar-refractivity contribution in [1.29, 1.82) is 0 Å². The number of aryl methyl sites for hydroxylation is 1. The Morgan fingerprint density at radius 3 is 2.59 bits per heavy atom. The smallest absolute Gasteiger partial charge is 0.330 e. The molecule has 3 aromatic rings. The summed E-state index contributed by atoms with van der Waals surface area (Å²) in [6.07, 6.45) is 6.85. The fraction of sp³-hybridized carbons (Fsp3) is 0.393. The van der Waals surface area contributed by atoms with E-state index >= 15 is 0 Å². The van der Waals surface area contributed by atoms with Gasteiger partial charge in [0.05, 0.1) is 0 Å². The SMILES string of the molecule is C=CC(=O)OC(C)(C)CC(C)Sc1ccc2cc(-c3ccc(CCCCC)cc3)oc2c1. The van der Waals surface area contributed by atoms with Crippen LogP contribution in [0, 0.1) is 0 Å². The third kappa shape index (κ3) is 6.77. The summed E-state index contributed by atoms with van der Waals surface area (Å²) < 4.78 is 11.7. The summed E-state index contributed by atoms with van der Waals surface area (Å²) in [6, 6.07) is 17.2. The lowest BCUT2D eigenvalue weighted by Crippen LogP contribution is -2.30. The predicted octanol–water partition coefficient (Wildman–Crippen LogP) is 8.21. The summed E-state index contributed by atoms with van der Waals surface area (Å²) >= 11 is 1.76. The average Bonchev–Trinajstić information content (AvgIpc) is 3.17. The maximum atomic E-state index is 11.6. The van der Waals surface area contributed by atoms with Crippen molar-refractivity contribution < 1.29 is 13.9 Å². The van der Waals surface area contributed by atoms with Gasteiger partial charge in [-0.3, -0.25) is 0 Å². The average molecular weight is 451 g/mol. The van der Waals surface area contributed by atoms with E-state index in [9.17, 15) is 4.79 Å². The number of rotatable bonds is 11. The van der Waals surface area contributed by atoms with Gasteiger partial charge in [0.2, 0.25) is 0 Å². The van der Waals surface area contributed by atoms with Gasteiger partial charge in [-0.2, -0.15) is 0 Å². The first kappa shape index (κ1) is 24.2. The van der Waals surface area contributed by atoms with Crippen LogP contribution in [0.3, 0.4) is 0 Å². The number of furan rings is 1. The summed E-state index contributed by atoms with van der Waals surface area (Å²) in [5, 5.41) is 1.37. The first-order valence-corrected chi connectivity index (χ1v) is 12.3. The molecule has 0 radical (unpaired) electrons. The Morgan fingerprint density at radius 1 is 1.16 bits per heavy atom. The molecule has 0 saturated carbocycles. The lowest BCUT2D eigenvalue weighted by Gasteiger charge is -2.27. The Hall–Kier alpha value is -2.46. The van der Waals surface area contributed by atoms with Crippen molar-refractivity contribution >= 4 is 28.7 Å². The van der Waals surface area contributed by atoms with Gasteiger partial charge in [0.15, 0.2) is 0 Å². The van der Waals surface area contributed by atoms with E-state index < -0.39 is 5.60 Å². The van der Waals surface area contributed by atoms with Gasteiger partial charge < -0.3 is 9.15 Å². The zero-order valence-electron chi connectivity index (χ0n) is 19.6. The standard InChI is InChI=1S/C28H34O3S/c1-6-8-9-10-21-11-13-22(14-12-21)25-17-23-15-16-24(18-26(23)30-25)32-20(3)19-28(4,5)31-27(29)7-2/h7,11-18,20H,2,6,8-10,19H2,1,3-5H3. The Labute approximate surface area is 196 Å². The highest BCUT2D eigenvalue weighted by Gasteiger charge is 2.25. The molecular formula is C28H34O3S. The van der Waals surface area contributed by atoms with Crippen molar-refractivity contribution in [2.75, 3.05) is 0 Å². The predicted molar refractivity (Wildman–Crippen MR) is 135 cm³/mol. The lowest BCUT2D eigenvalue weighted by atomic mass is 10.0. The number of carbonyl (C=O) groups excluding carboxylic acids is 1. The van der Waals surface area contributed by atoms with Gasteiger partial charge in [-0.05, 0) is 62.9 Å². The van der Waals surface area contributed by atoms with Crippen LogP contribution >= 0.6 is 11.8 Å². The fourth-order valence-corrected chi connectivity index (χ4v) is 5.23. The number of unbranched alkanes of at least 4 members (excludes halogenated alkanes) is 2. The second-order valence-corrected chi connectivity index (χ2v) is 10.5. The zero-order valence-corrected chi connectivity index (χ0v) is 20.5. The molecule has 0 aliphatic carbocycles. The van der Waals surface area contributed by atoms with Gasteiger partial charge in [0.1, 0.15) is 16.9 Å². The molecule has 0 N–H and O–H groups in total. The van der Waals surface area contributed by atoms with E-state index in [1.165, 1.54) is 30.9 Å². The number of fused-ring (bicyclic) bond motifs is 1. The quantitative estimate of drug-likeness (QED) is 0.128. The minimum atomic E-state index is -0.539. The van der Waals surface area contributed by atoms with Crippen molar-refractivity contribution in [2.24, 2.45) is 0 Å². The molecule has 0 aliphatic heterocycles. The van der Waals surface area contributed by atoms with Crippen LogP contribution in [-0.4, -0.2) is 16.8 Å². The molecule has 1 heterocycles. The third-order valence-electron chi connectivity index (χ3n) is 5.46. The largest absolute Gasteiger partial charge is 0.456 e. The summed E-state index contributed by atoms with van der Waals surface area (Å²) in [7, 11) is 0.